The predicted molar refractivity (Wildman–Crippen MR) is 79.4 cm³/mol. The zero-order chi connectivity index (χ0) is 15.6. The van der Waals surface area contributed by atoms with E-state index in [1.54, 1.807) is 26.3 Å². The molecule has 0 fully saturated rings. The molecule has 1 aromatic carbocycles. The summed E-state index contributed by atoms with van der Waals surface area (Å²) in [5, 5.41) is 0. The van der Waals surface area contributed by atoms with Crippen LogP contribution in [0.2, 0.25) is 0 Å². The highest BCUT2D eigenvalue weighted by Gasteiger charge is 2.15. The molecule has 110 valence electrons. The Labute approximate surface area is 123 Å². The molecule has 0 radical (unpaired) electrons. The highest BCUT2D eigenvalue weighted by atomic mass is 19.1. The summed E-state index contributed by atoms with van der Waals surface area (Å²) in [7, 11) is 1.60. The summed E-state index contributed by atoms with van der Waals surface area (Å²) in [5.74, 6) is 0.362. The lowest BCUT2D eigenvalue weighted by Crippen LogP contribution is -2.08. The number of hydrogen-bond acceptors (Lipinski definition) is 3. The number of aromatic nitrogens is 1. The van der Waals surface area contributed by atoms with Crippen molar-refractivity contribution in [2.24, 2.45) is 0 Å². The van der Waals surface area contributed by atoms with Gasteiger partial charge in [-0.15, -0.1) is 0 Å². The summed E-state index contributed by atoms with van der Waals surface area (Å²) in [6.45, 7) is 5.44. The maximum absolute atomic E-state index is 13.3. The minimum absolute atomic E-state index is 0.0837. The van der Waals surface area contributed by atoms with Crippen LogP contribution in [0, 0.1) is 26.6 Å². The number of carbonyl (C=O) groups excluding carboxylic acids is 1. The van der Waals surface area contributed by atoms with Crippen molar-refractivity contribution in [3.8, 4) is 5.75 Å². The number of rotatable bonds is 4. The summed E-state index contributed by atoms with van der Waals surface area (Å²) in [6, 6.07) is 4.39. The molecule has 1 aromatic heterocycles. The van der Waals surface area contributed by atoms with Crippen molar-refractivity contribution in [3.63, 3.8) is 0 Å². The molecule has 0 saturated carbocycles. The van der Waals surface area contributed by atoms with Crippen LogP contribution in [0.15, 0.2) is 24.4 Å². The first-order chi connectivity index (χ1) is 9.93. The van der Waals surface area contributed by atoms with Gasteiger partial charge in [-0.2, -0.15) is 0 Å². The van der Waals surface area contributed by atoms with E-state index in [0.717, 1.165) is 16.9 Å². The molecule has 21 heavy (non-hydrogen) atoms. The van der Waals surface area contributed by atoms with Crippen molar-refractivity contribution >= 4 is 5.78 Å². The number of benzene rings is 1. The first-order valence-electron chi connectivity index (χ1n) is 6.72. The molecule has 0 aliphatic rings. The van der Waals surface area contributed by atoms with Gasteiger partial charge in [-0.05, 0) is 44.5 Å². The molecule has 0 aliphatic heterocycles. The van der Waals surface area contributed by atoms with Gasteiger partial charge in [-0.25, -0.2) is 4.39 Å². The number of halogens is 1. The summed E-state index contributed by atoms with van der Waals surface area (Å²) in [4.78, 5) is 16.6. The van der Waals surface area contributed by atoms with Crippen LogP contribution in [0.4, 0.5) is 4.39 Å². The first kappa shape index (κ1) is 15.2. The van der Waals surface area contributed by atoms with E-state index in [2.05, 4.69) is 4.98 Å². The fourth-order valence-electron chi connectivity index (χ4n) is 2.32. The van der Waals surface area contributed by atoms with E-state index in [9.17, 15) is 9.18 Å². The van der Waals surface area contributed by atoms with Crippen molar-refractivity contribution in [2.75, 3.05) is 7.11 Å². The van der Waals surface area contributed by atoms with E-state index in [4.69, 9.17) is 4.74 Å². The monoisotopic (exact) mass is 287 g/mol. The normalized spacial score (nSPS) is 10.5. The fourth-order valence-corrected chi connectivity index (χ4v) is 2.32. The molecular formula is C17H18FNO2. The van der Waals surface area contributed by atoms with Gasteiger partial charge >= 0.3 is 0 Å². The molecular weight excluding hydrogens is 269 g/mol. The summed E-state index contributed by atoms with van der Waals surface area (Å²) in [6.07, 6.45) is 1.87. The second-order valence-corrected chi connectivity index (χ2v) is 5.11. The van der Waals surface area contributed by atoms with Gasteiger partial charge in [0.15, 0.2) is 5.78 Å². The van der Waals surface area contributed by atoms with Gasteiger partial charge in [0.2, 0.25) is 0 Å². The molecule has 0 unspecified atom stereocenters. The van der Waals surface area contributed by atoms with Gasteiger partial charge in [0.05, 0.1) is 19.2 Å². The molecule has 0 N–H and O–H groups in total. The standard InChI is InChI=1S/C17H18FNO2/c1-10-7-13(5-6-14(10)18)16(20)8-15-12(3)17(21-4)11(2)9-19-15/h5-7,9H,8H2,1-4H3. The van der Waals surface area contributed by atoms with Gasteiger partial charge < -0.3 is 4.74 Å². The van der Waals surface area contributed by atoms with Gasteiger partial charge in [0.25, 0.3) is 0 Å². The Balaban J connectivity index is 2.29. The average Bonchev–Trinajstić information content (AvgIpc) is 2.45. The Morgan fingerprint density at radius 1 is 1.24 bits per heavy atom. The third-order valence-corrected chi connectivity index (χ3v) is 3.56. The number of ether oxygens (including phenoxy) is 1. The maximum atomic E-state index is 13.3. The van der Waals surface area contributed by atoms with Gasteiger partial charge in [0.1, 0.15) is 11.6 Å². The lowest BCUT2D eigenvalue weighted by atomic mass is 10.0. The Morgan fingerprint density at radius 2 is 1.95 bits per heavy atom. The SMILES string of the molecule is COc1c(C)cnc(CC(=O)c2ccc(F)c(C)c2)c1C. The van der Waals surface area contributed by atoms with E-state index < -0.39 is 0 Å². The lowest BCUT2D eigenvalue weighted by molar-refractivity contribution is 0.0991. The second kappa shape index (κ2) is 6.04. The number of aryl methyl sites for hydroxylation is 2. The van der Waals surface area contributed by atoms with Crippen molar-refractivity contribution in [2.45, 2.75) is 27.2 Å². The topological polar surface area (TPSA) is 39.2 Å². The highest BCUT2D eigenvalue weighted by Crippen LogP contribution is 2.25. The zero-order valence-electron chi connectivity index (χ0n) is 12.7. The van der Waals surface area contributed by atoms with Crippen LogP contribution in [0.25, 0.3) is 0 Å². The number of pyridine rings is 1. The molecule has 0 saturated heterocycles. The third-order valence-electron chi connectivity index (χ3n) is 3.56. The summed E-state index contributed by atoms with van der Waals surface area (Å²) in [5.41, 5.74) is 3.44. The van der Waals surface area contributed by atoms with E-state index in [1.807, 2.05) is 13.8 Å². The lowest BCUT2D eigenvalue weighted by Gasteiger charge is -2.12. The van der Waals surface area contributed by atoms with Crippen LogP contribution >= 0.6 is 0 Å². The molecule has 2 aromatic rings. The van der Waals surface area contributed by atoms with Crippen LogP contribution < -0.4 is 4.74 Å². The van der Waals surface area contributed by atoms with E-state index in [0.29, 0.717) is 16.8 Å². The number of ketones is 1. The number of Topliss-reactive ketones (excluding diaryl/α,β-unsaturated/α-hetero) is 1. The van der Waals surface area contributed by atoms with Gasteiger partial charge in [0, 0.05) is 22.9 Å². The smallest absolute Gasteiger partial charge is 0.168 e. The molecule has 0 atom stereocenters. The second-order valence-electron chi connectivity index (χ2n) is 5.11. The molecule has 1 heterocycles. The molecule has 0 spiro atoms. The minimum Gasteiger partial charge on any atom is -0.496 e. The van der Waals surface area contributed by atoms with Crippen LogP contribution in [-0.2, 0) is 6.42 Å². The third kappa shape index (κ3) is 3.10. The molecule has 3 nitrogen and oxygen atoms in total. The highest BCUT2D eigenvalue weighted by molar-refractivity contribution is 5.97. The molecule has 0 bridgehead atoms. The van der Waals surface area contributed by atoms with Crippen LogP contribution in [0.1, 0.15) is 32.7 Å². The number of carbonyl (C=O) groups is 1. The van der Waals surface area contributed by atoms with E-state index >= 15 is 0 Å². The number of hydrogen-bond donors (Lipinski definition) is 0. The Morgan fingerprint density at radius 3 is 2.57 bits per heavy atom. The number of nitrogens with zero attached hydrogens (tertiary/aromatic N) is 1. The Hall–Kier alpha value is -2.23. The quantitative estimate of drug-likeness (QED) is 0.807. The fraction of sp³-hybridized carbons (Fsp3) is 0.294. The minimum atomic E-state index is -0.308. The largest absolute Gasteiger partial charge is 0.496 e. The van der Waals surface area contributed by atoms with Crippen molar-refractivity contribution in [3.05, 3.63) is 58.2 Å². The van der Waals surface area contributed by atoms with Crippen LogP contribution in [0.3, 0.4) is 0 Å². The number of methoxy groups -OCH3 is 1. The zero-order valence-corrected chi connectivity index (χ0v) is 12.7. The van der Waals surface area contributed by atoms with Gasteiger partial charge in [-0.3, -0.25) is 9.78 Å². The van der Waals surface area contributed by atoms with E-state index in [1.165, 1.54) is 12.1 Å². The van der Waals surface area contributed by atoms with Crippen molar-refractivity contribution in [1.29, 1.82) is 0 Å². The molecule has 0 aliphatic carbocycles. The van der Waals surface area contributed by atoms with E-state index in [-0.39, 0.29) is 18.0 Å². The molecule has 4 heteroatoms. The first-order valence-corrected chi connectivity index (χ1v) is 6.72. The van der Waals surface area contributed by atoms with Gasteiger partial charge in [-0.1, -0.05) is 0 Å². The summed E-state index contributed by atoms with van der Waals surface area (Å²) < 4.78 is 18.6. The predicted octanol–water partition coefficient (Wildman–Crippen LogP) is 3.58. The van der Waals surface area contributed by atoms with Crippen LogP contribution in [0.5, 0.6) is 5.75 Å². The summed E-state index contributed by atoms with van der Waals surface area (Å²) >= 11 is 0. The van der Waals surface area contributed by atoms with Crippen molar-refractivity contribution in [1.82, 2.24) is 4.98 Å². The maximum Gasteiger partial charge on any atom is 0.168 e. The Kier molecular flexibility index (Phi) is 4.36. The van der Waals surface area contributed by atoms with Crippen LogP contribution in [-0.4, -0.2) is 17.9 Å². The molecule has 2 rings (SSSR count). The Bertz CT molecular complexity index is 695. The average molecular weight is 287 g/mol. The van der Waals surface area contributed by atoms with Crippen molar-refractivity contribution < 1.29 is 13.9 Å². The molecule has 0 amide bonds.